The van der Waals surface area contributed by atoms with Crippen LogP contribution in [0, 0.1) is 5.41 Å². The predicted octanol–water partition coefficient (Wildman–Crippen LogP) is 2.40. The van der Waals surface area contributed by atoms with Crippen LogP contribution in [-0.4, -0.2) is 22.9 Å². The summed E-state index contributed by atoms with van der Waals surface area (Å²) in [6.07, 6.45) is 4.86. The lowest BCUT2D eigenvalue weighted by molar-refractivity contribution is 0.367. The van der Waals surface area contributed by atoms with Gasteiger partial charge >= 0.3 is 0 Å². The van der Waals surface area contributed by atoms with Crippen LogP contribution >= 0.6 is 0 Å². The maximum atomic E-state index is 4.63. The molecule has 1 fully saturated rings. The fraction of sp³-hybridized carbons (Fsp3) is 0.786. The first-order valence-electron chi connectivity index (χ1n) is 6.85. The van der Waals surface area contributed by atoms with Gasteiger partial charge in [0, 0.05) is 24.7 Å². The van der Waals surface area contributed by atoms with E-state index >= 15 is 0 Å². The average molecular weight is 235 g/mol. The van der Waals surface area contributed by atoms with E-state index in [1.54, 1.807) is 0 Å². The minimum atomic E-state index is 0.518. The maximum Gasteiger partial charge on any atom is 0.0624 e. The Kier molecular flexibility index (Phi) is 3.57. The summed E-state index contributed by atoms with van der Waals surface area (Å²) in [6.45, 7) is 7.71. The van der Waals surface area contributed by atoms with Gasteiger partial charge in [0.25, 0.3) is 0 Å². The van der Waals surface area contributed by atoms with Crippen molar-refractivity contribution in [1.29, 1.82) is 0 Å². The topological polar surface area (TPSA) is 29.9 Å². The predicted molar refractivity (Wildman–Crippen MR) is 71.2 cm³/mol. The standard InChI is InChI=1S/C14H25N3/c1-5-11-9-12(17(6-2)16-11)10-13(15-4)14(3)7-8-14/h9,13,15H,5-8,10H2,1-4H3. The van der Waals surface area contributed by atoms with Gasteiger partial charge in [0.1, 0.15) is 0 Å². The SMILES string of the molecule is CCc1cc(CC(NC)C2(C)CC2)n(CC)n1. The molecule has 0 amide bonds. The lowest BCUT2D eigenvalue weighted by Crippen LogP contribution is -2.36. The Morgan fingerprint density at radius 1 is 1.47 bits per heavy atom. The molecule has 1 aromatic rings. The Morgan fingerprint density at radius 3 is 2.65 bits per heavy atom. The van der Waals surface area contributed by atoms with Crippen molar-refractivity contribution in [3.63, 3.8) is 0 Å². The van der Waals surface area contributed by atoms with Gasteiger partial charge in [0.05, 0.1) is 5.69 Å². The third-order valence-corrected chi connectivity index (χ3v) is 4.22. The van der Waals surface area contributed by atoms with Gasteiger partial charge in [-0.3, -0.25) is 4.68 Å². The summed E-state index contributed by atoms with van der Waals surface area (Å²) in [6, 6.07) is 2.87. The molecule has 0 saturated heterocycles. The molecular formula is C14H25N3. The van der Waals surface area contributed by atoms with Crippen LogP contribution in [0.4, 0.5) is 0 Å². The molecule has 1 aliphatic rings. The Hall–Kier alpha value is -0.830. The molecular weight excluding hydrogens is 210 g/mol. The van der Waals surface area contributed by atoms with E-state index in [-0.39, 0.29) is 0 Å². The van der Waals surface area contributed by atoms with E-state index in [9.17, 15) is 0 Å². The number of nitrogens with zero attached hydrogens (tertiary/aromatic N) is 2. The van der Waals surface area contributed by atoms with E-state index in [1.165, 1.54) is 24.2 Å². The second-order valence-electron chi connectivity index (χ2n) is 5.50. The van der Waals surface area contributed by atoms with Gasteiger partial charge in [-0.15, -0.1) is 0 Å². The summed E-state index contributed by atoms with van der Waals surface area (Å²) >= 11 is 0. The molecule has 0 aliphatic heterocycles. The van der Waals surface area contributed by atoms with E-state index in [4.69, 9.17) is 0 Å². The molecule has 0 radical (unpaired) electrons. The van der Waals surface area contributed by atoms with Crippen molar-refractivity contribution in [2.75, 3.05) is 7.05 Å². The highest BCUT2D eigenvalue weighted by molar-refractivity contribution is 5.14. The first-order chi connectivity index (χ1) is 8.12. The minimum absolute atomic E-state index is 0.518. The summed E-state index contributed by atoms with van der Waals surface area (Å²) in [7, 11) is 2.08. The number of nitrogens with one attached hydrogen (secondary N) is 1. The van der Waals surface area contributed by atoms with Crippen LogP contribution in [0.5, 0.6) is 0 Å². The van der Waals surface area contributed by atoms with E-state index in [1.807, 2.05) is 0 Å². The van der Waals surface area contributed by atoms with Gasteiger partial charge in [-0.05, 0) is 44.7 Å². The number of hydrogen-bond acceptors (Lipinski definition) is 2. The third-order valence-electron chi connectivity index (χ3n) is 4.22. The highest BCUT2D eigenvalue weighted by atomic mass is 15.3. The zero-order valence-corrected chi connectivity index (χ0v) is 11.6. The van der Waals surface area contributed by atoms with Gasteiger partial charge in [-0.25, -0.2) is 0 Å². The normalized spacial score (nSPS) is 19.3. The van der Waals surface area contributed by atoms with Crippen LogP contribution in [0.3, 0.4) is 0 Å². The third kappa shape index (κ3) is 2.54. The summed E-state index contributed by atoms with van der Waals surface area (Å²) in [5.74, 6) is 0. The van der Waals surface area contributed by atoms with Gasteiger partial charge in [-0.1, -0.05) is 13.8 Å². The molecule has 1 N–H and O–H groups in total. The first-order valence-corrected chi connectivity index (χ1v) is 6.85. The number of hydrogen-bond donors (Lipinski definition) is 1. The van der Waals surface area contributed by atoms with Crippen LogP contribution in [-0.2, 0) is 19.4 Å². The van der Waals surface area contributed by atoms with Crippen molar-refractivity contribution < 1.29 is 0 Å². The van der Waals surface area contributed by atoms with Crippen molar-refractivity contribution >= 4 is 0 Å². The molecule has 1 heterocycles. The molecule has 1 aliphatic carbocycles. The van der Waals surface area contributed by atoms with E-state index in [0.29, 0.717) is 11.5 Å². The molecule has 1 unspecified atom stereocenters. The van der Waals surface area contributed by atoms with Crippen LogP contribution in [0.25, 0.3) is 0 Å². The Labute approximate surface area is 105 Å². The highest BCUT2D eigenvalue weighted by Gasteiger charge is 2.44. The lowest BCUT2D eigenvalue weighted by Gasteiger charge is -2.23. The monoisotopic (exact) mass is 235 g/mol. The minimum Gasteiger partial charge on any atom is -0.316 e. The summed E-state index contributed by atoms with van der Waals surface area (Å²) in [4.78, 5) is 0. The molecule has 1 saturated carbocycles. The molecule has 0 bridgehead atoms. The first kappa shape index (κ1) is 12.6. The molecule has 1 atom stereocenters. The van der Waals surface area contributed by atoms with E-state index in [0.717, 1.165) is 19.4 Å². The average Bonchev–Trinajstić information content (AvgIpc) is 2.95. The second-order valence-corrected chi connectivity index (χ2v) is 5.50. The van der Waals surface area contributed by atoms with Crippen molar-refractivity contribution in [3.05, 3.63) is 17.5 Å². The zero-order chi connectivity index (χ0) is 12.5. The Morgan fingerprint density at radius 2 is 2.18 bits per heavy atom. The molecule has 2 rings (SSSR count). The van der Waals surface area contributed by atoms with Crippen molar-refractivity contribution in [3.8, 4) is 0 Å². The van der Waals surface area contributed by atoms with Gasteiger partial charge in [0.15, 0.2) is 0 Å². The molecule has 1 aromatic heterocycles. The molecule has 3 nitrogen and oxygen atoms in total. The van der Waals surface area contributed by atoms with Crippen LogP contribution in [0.2, 0.25) is 0 Å². The number of aryl methyl sites for hydroxylation is 2. The van der Waals surface area contributed by atoms with Crippen LogP contribution < -0.4 is 5.32 Å². The maximum absolute atomic E-state index is 4.63. The fourth-order valence-corrected chi connectivity index (χ4v) is 2.58. The van der Waals surface area contributed by atoms with Gasteiger partial charge in [-0.2, -0.15) is 5.10 Å². The van der Waals surface area contributed by atoms with Gasteiger partial charge < -0.3 is 5.32 Å². The van der Waals surface area contributed by atoms with Crippen LogP contribution in [0.15, 0.2) is 6.07 Å². The molecule has 96 valence electrons. The van der Waals surface area contributed by atoms with E-state index < -0.39 is 0 Å². The molecule has 17 heavy (non-hydrogen) atoms. The van der Waals surface area contributed by atoms with Crippen molar-refractivity contribution in [1.82, 2.24) is 15.1 Å². The number of aromatic nitrogens is 2. The van der Waals surface area contributed by atoms with Crippen LogP contribution in [0.1, 0.15) is 45.0 Å². The van der Waals surface area contributed by atoms with Crippen molar-refractivity contribution in [2.45, 2.75) is 59.0 Å². The molecule has 0 spiro atoms. The van der Waals surface area contributed by atoms with Gasteiger partial charge in [0.2, 0.25) is 0 Å². The number of rotatable bonds is 6. The van der Waals surface area contributed by atoms with E-state index in [2.05, 4.69) is 49.0 Å². The highest BCUT2D eigenvalue weighted by Crippen LogP contribution is 2.48. The Bertz CT molecular complexity index is 377. The summed E-state index contributed by atoms with van der Waals surface area (Å²) in [5, 5.41) is 8.12. The van der Waals surface area contributed by atoms with Crippen molar-refractivity contribution in [2.24, 2.45) is 5.41 Å². The molecule has 0 aromatic carbocycles. The summed E-state index contributed by atoms with van der Waals surface area (Å²) in [5.41, 5.74) is 3.12. The smallest absolute Gasteiger partial charge is 0.0624 e. The zero-order valence-electron chi connectivity index (χ0n) is 11.6. The molecule has 3 heteroatoms. The largest absolute Gasteiger partial charge is 0.316 e. The Balaban J connectivity index is 2.13. The quantitative estimate of drug-likeness (QED) is 0.820. The number of likely N-dealkylation sites (N-methyl/N-ethyl adjacent to an activating group) is 1. The lowest BCUT2D eigenvalue weighted by atomic mass is 9.94. The second kappa shape index (κ2) is 4.81. The fourth-order valence-electron chi connectivity index (χ4n) is 2.58. The summed E-state index contributed by atoms with van der Waals surface area (Å²) < 4.78 is 2.16.